The molecule has 29 heavy (non-hydrogen) atoms. The molecule has 7 heteroatoms. The van der Waals surface area contributed by atoms with Gasteiger partial charge in [-0.25, -0.2) is 4.98 Å². The molecule has 1 aromatic carbocycles. The van der Waals surface area contributed by atoms with Gasteiger partial charge >= 0.3 is 0 Å². The third-order valence-electron chi connectivity index (χ3n) is 6.02. The van der Waals surface area contributed by atoms with Crippen molar-refractivity contribution in [2.45, 2.75) is 64.1 Å². The Morgan fingerprint density at radius 1 is 1.28 bits per heavy atom. The van der Waals surface area contributed by atoms with E-state index in [1.807, 2.05) is 6.07 Å². The van der Waals surface area contributed by atoms with Crippen molar-refractivity contribution < 1.29 is 9.53 Å². The molecule has 0 spiro atoms. The van der Waals surface area contributed by atoms with Crippen LogP contribution in [0.2, 0.25) is 5.02 Å². The van der Waals surface area contributed by atoms with Gasteiger partial charge in [0.1, 0.15) is 11.9 Å². The van der Waals surface area contributed by atoms with Crippen molar-refractivity contribution in [1.29, 1.82) is 0 Å². The Labute approximate surface area is 177 Å². The van der Waals surface area contributed by atoms with E-state index in [-0.39, 0.29) is 12.0 Å². The smallest absolute Gasteiger partial charge is 0.251 e. The molecule has 1 aliphatic carbocycles. The molecule has 0 atom stereocenters. The Morgan fingerprint density at radius 3 is 2.69 bits per heavy atom. The molecule has 1 aromatic heterocycles. The number of benzene rings is 1. The fourth-order valence-electron chi connectivity index (χ4n) is 4.20. The summed E-state index contributed by atoms with van der Waals surface area (Å²) in [6.07, 6.45) is 8.31. The molecule has 2 fully saturated rings. The monoisotopic (exact) mass is 416 g/mol. The molecule has 0 radical (unpaired) electrons. The van der Waals surface area contributed by atoms with Gasteiger partial charge in [0.25, 0.3) is 5.91 Å². The summed E-state index contributed by atoms with van der Waals surface area (Å²) in [6.45, 7) is 4.86. The van der Waals surface area contributed by atoms with E-state index in [9.17, 15) is 4.79 Å². The summed E-state index contributed by atoms with van der Waals surface area (Å²) < 4.78 is 6.15. The lowest BCUT2D eigenvalue weighted by Gasteiger charge is -2.32. The van der Waals surface area contributed by atoms with Crippen molar-refractivity contribution in [3.8, 4) is 5.75 Å². The van der Waals surface area contributed by atoms with Crippen molar-refractivity contribution >= 4 is 17.5 Å². The Bertz CT molecular complexity index is 839. The number of halogens is 1. The van der Waals surface area contributed by atoms with Crippen LogP contribution in [-0.2, 0) is 6.54 Å². The van der Waals surface area contributed by atoms with Crippen LogP contribution in [0.3, 0.4) is 0 Å². The number of aromatic nitrogens is 2. The number of hydrogen-bond donors (Lipinski definition) is 2. The number of likely N-dealkylation sites (tertiary alicyclic amines) is 1. The lowest BCUT2D eigenvalue weighted by molar-refractivity contribution is 0.0936. The van der Waals surface area contributed by atoms with Gasteiger partial charge in [-0.2, -0.15) is 0 Å². The Balaban J connectivity index is 1.28. The maximum Gasteiger partial charge on any atom is 0.251 e. The van der Waals surface area contributed by atoms with Crippen molar-refractivity contribution in [3.05, 3.63) is 46.5 Å². The third-order valence-corrected chi connectivity index (χ3v) is 6.32. The Morgan fingerprint density at radius 2 is 2.03 bits per heavy atom. The largest absolute Gasteiger partial charge is 0.489 e. The molecule has 6 nitrogen and oxygen atoms in total. The van der Waals surface area contributed by atoms with E-state index in [2.05, 4.69) is 27.1 Å². The number of carbonyl (C=O) groups is 1. The van der Waals surface area contributed by atoms with Gasteiger partial charge in [-0.3, -0.25) is 9.69 Å². The minimum absolute atomic E-state index is 0.0488. The van der Waals surface area contributed by atoms with Crippen molar-refractivity contribution in [2.75, 3.05) is 13.1 Å². The Hall–Kier alpha value is -2.05. The minimum Gasteiger partial charge on any atom is -0.489 e. The maximum absolute atomic E-state index is 12.4. The number of aryl methyl sites for hydroxylation is 1. The fourth-order valence-corrected chi connectivity index (χ4v) is 4.42. The van der Waals surface area contributed by atoms with Crippen LogP contribution in [0.1, 0.15) is 60.3 Å². The van der Waals surface area contributed by atoms with Crippen molar-refractivity contribution in [3.63, 3.8) is 0 Å². The number of piperidine rings is 1. The van der Waals surface area contributed by atoms with Gasteiger partial charge in [0, 0.05) is 36.9 Å². The molecule has 1 amide bonds. The van der Waals surface area contributed by atoms with Crippen molar-refractivity contribution in [1.82, 2.24) is 20.2 Å². The van der Waals surface area contributed by atoms with Gasteiger partial charge in [-0.05, 0) is 50.8 Å². The first kappa shape index (κ1) is 20.2. The van der Waals surface area contributed by atoms with Gasteiger partial charge < -0.3 is 15.0 Å². The van der Waals surface area contributed by atoms with E-state index >= 15 is 0 Å². The van der Waals surface area contributed by atoms with Gasteiger partial charge in [0.2, 0.25) is 0 Å². The highest BCUT2D eigenvalue weighted by molar-refractivity contribution is 6.32. The van der Waals surface area contributed by atoms with Crippen LogP contribution in [0.25, 0.3) is 0 Å². The number of rotatable bonds is 6. The molecule has 4 rings (SSSR count). The molecule has 2 N–H and O–H groups in total. The standard InChI is InChI=1S/C22H29ClN4O2/c1-15-20(25-14-24-15)13-27-10-8-18(9-11-27)29-21-7-6-16(12-19(21)23)22(28)26-17-4-2-3-5-17/h6-7,12,14,17-18H,2-5,8-11,13H2,1H3,(H,24,25)(H,26,28). The highest BCUT2D eigenvalue weighted by atomic mass is 35.5. The number of hydrogen-bond acceptors (Lipinski definition) is 4. The van der Waals surface area contributed by atoms with Crippen LogP contribution in [-0.4, -0.2) is 46.0 Å². The second kappa shape index (κ2) is 9.18. The summed E-state index contributed by atoms with van der Waals surface area (Å²) in [4.78, 5) is 22.3. The fraction of sp³-hybridized carbons (Fsp3) is 0.545. The van der Waals surface area contributed by atoms with E-state index in [0.717, 1.165) is 56.7 Å². The highest BCUT2D eigenvalue weighted by Gasteiger charge is 2.23. The number of carbonyl (C=O) groups excluding carboxylic acids is 1. The first-order chi connectivity index (χ1) is 14.1. The van der Waals surface area contributed by atoms with Gasteiger partial charge in [0.05, 0.1) is 17.0 Å². The molecular weight excluding hydrogens is 388 g/mol. The van der Waals surface area contributed by atoms with E-state index in [4.69, 9.17) is 16.3 Å². The van der Waals surface area contributed by atoms with Crippen LogP contribution in [0.5, 0.6) is 5.75 Å². The molecule has 1 saturated carbocycles. The summed E-state index contributed by atoms with van der Waals surface area (Å²) in [7, 11) is 0. The highest BCUT2D eigenvalue weighted by Crippen LogP contribution is 2.29. The zero-order valence-corrected chi connectivity index (χ0v) is 17.7. The first-order valence-electron chi connectivity index (χ1n) is 10.6. The molecule has 0 unspecified atom stereocenters. The van der Waals surface area contributed by atoms with Gasteiger partial charge in [-0.15, -0.1) is 0 Å². The summed E-state index contributed by atoms with van der Waals surface area (Å²) in [6, 6.07) is 5.65. The molecular formula is C22H29ClN4O2. The SMILES string of the molecule is Cc1[nH]cnc1CN1CCC(Oc2ccc(C(=O)NC3CCCC3)cc2Cl)CC1. The zero-order valence-electron chi connectivity index (χ0n) is 16.9. The van der Waals surface area contributed by atoms with E-state index in [0.29, 0.717) is 22.4 Å². The lowest BCUT2D eigenvalue weighted by atomic mass is 10.1. The first-order valence-corrected chi connectivity index (χ1v) is 10.9. The molecule has 2 aliphatic rings. The van der Waals surface area contributed by atoms with Crippen molar-refractivity contribution in [2.24, 2.45) is 0 Å². The van der Waals surface area contributed by atoms with Crippen LogP contribution in [0, 0.1) is 6.92 Å². The normalized spacial score (nSPS) is 18.8. The summed E-state index contributed by atoms with van der Waals surface area (Å²) in [5.74, 6) is 0.609. The van der Waals surface area contributed by atoms with Crippen LogP contribution >= 0.6 is 11.6 Å². The molecule has 0 bridgehead atoms. The number of nitrogens with zero attached hydrogens (tertiary/aromatic N) is 2. The number of aromatic amines is 1. The number of amides is 1. The quantitative estimate of drug-likeness (QED) is 0.744. The van der Waals surface area contributed by atoms with Crippen LogP contribution in [0.4, 0.5) is 0 Å². The molecule has 1 saturated heterocycles. The minimum atomic E-state index is -0.0488. The average Bonchev–Trinajstić information content (AvgIpc) is 3.37. The predicted octanol–water partition coefficient (Wildman–Crippen LogP) is 4.09. The van der Waals surface area contributed by atoms with E-state index in [1.54, 1.807) is 18.5 Å². The van der Waals surface area contributed by atoms with Crippen LogP contribution < -0.4 is 10.1 Å². The Kier molecular flexibility index (Phi) is 6.40. The summed E-state index contributed by atoms with van der Waals surface area (Å²) in [5, 5.41) is 3.60. The van der Waals surface area contributed by atoms with E-state index in [1.165, 1.54) is 12.8 Å². The molecule has 1 aliphatic heterocycles. The van der Waals surface area contributed by atoms with Gasteiger partial charge in [-0.1, -0.05) is 24.4 Å². The topological polar surface area (TPSA) is 70.2 Å². The summed E-state index contributed by atoms with van der Waals surface area (Å²) >= 11 is 6.42. The molecule has 2 aromatic rings. The predicted molar refractivity (Wildman–Crippen MR) is 113 cm³/mol. The molecule has 156 valence electrons. The third kappa shape index (κ3) is 5.11. The lowest BCUT2D eigenvalue weighted by Crippen LogP contribution is -2.38. The maximum atomic E-state index is 12.4. The van der Waals surface area contributed by atoms with Gasteiger partial charge in [0.15, 0.2) is 0 Å². The second-order valence-electron chi connectivity index (χ2n) is 8.17. The molecule has 2 heterocycles. The number of H-pyrrole nitrogens is 1. The number of nitrogens with one attached hydrogen (secondary N) is 2. The number of imidazole rings is 1. The average molecular weight is 417 g/mol. The zero-order chi connectivity index (χ0) is 20.2. The van der Waals surface area contributed by atoms with E-state index < -0.39 is 0 Å². The second-order valence-corrected chi connectivity index (χ2v) is 8.57. The number of ether oxygens (including phenoxy) is 1. The van der Waals surface area contributed by atoms with Crippen LogP contribution in [0.15, 0.2) is 24.5 Å². The summed E-state index contributed by atoms with van der Waals surface area (Å²) in [5.41, 5.74) is 2.84.